The maximum absolute atomic E-state index is 13.1. The second kappa shape index (κ2) is 14.6. The molecule has 0 unspecified atom stereocenters. The number of carbonyl (C=O) groups is 2. The molecule has 1 saturated heterocycles. The second-order valence-corrected chi connectivity index (χ2v) is 14.5. The Morgan fingerprint density at radius 3 is 2.58 bits per heavy atom. The van der Waals surface area contributed by atoms with Crippen LogP contribution in [-0.2, 0) is 4.79 Å². The van der Waals surface area contributed by atoms with Crippen molar-refractivity contribution in [2.45, 2.75) is 45.3 Å². The number of anilines is 5. The van der Waals surface area contributed by atoms with E-state index in [9.17, 15) is 14.7 Å². The lowest BCUT2D eigenvalue weighted by Crippen LogP contribution is -2.49. The summed E-state index contributed by atoms with van der Waals surface area (Å²) in [7, 11) is 1.56. The number of nitrogens with one attached hydrogen (secondary N) is 2. The molecule has 0 atom stereocenters. The minimum atomic E-state index is -0.934. The Labute approximate surface area is 300 Å². The van der Waals surface area contributed by atoms with E-state index in [1.807, 2.05) is 45.0 Å². The van der Waals surface area contributed by atoms with Crippen LogP contribution in [-0.4, -0.2) is 88.2 Å². The molecule has 1 aromatic carbocycles. The third-order valence-corrected chi connectivity index (χ3v) is 9.78. The molecule has 6 rings (SSSR count). The minimum absolute atomic E-state index is 0.0748. The highest BCUT2D eigenvalue weighted by Crippen LogP contribution is 2.40. The minimum Gasteiger partial charge on any atom is -0.493 e. The Morgan fingerprint density at radius 1 is 1.16 bits per heavy atom. The number of rotatable bonds is 12. The summed E-state index contributed by atoms with van der Waals surface area (Å²) >= 11 is 7.50. The summed E-state index contributed by atoms with van der Waals surface area (Å²) in [5.41, 5.74) is 2.82. The molecule has 1 saturated carbocycles. The molecule has 3 aromatic heterocycles. The van der Waals surface area contributed by atoms with Crippen molar-refractivity contribution in [3.63, 3.8) is 0 Å². The molecule has 2 fully saturated rings. The number of hydrogen-bond acceptors (Lipinski definition) is 11. The molecule has 14 heteroatoms. The van der Waals surface area contributed by atoms with Crippen molar-refractivity contribution in [2.24, 2.45) is 0 Å². The molecule has 1 aliphatic carbocycles. The molecule has 0 spiro atoms. The van der Waals surface area contributed by atoms with Crippen LogP contribution in [0.5, 0.6) is 5.75 Å². The molecule has 2 aliphatic rings. The van der Waals surface area contributed by atoms with Gasteiger partial charge < -0.3 is 35.2 Å². The van der Waals surface area contributed by atoms with Crippen LogP contribution in [0.2, 0.25) is 5.02 Å². The molecule has 4 heterocycles. The van der Waals surface area contributed by atoms with Gasteiger partial charge in [0.05, 0.1) is 41.0 Å². The van der Waals surface area contributed by atoms with Crippen molar-refractivity contribution in [2.75, 3.05) is 60.3 Å². The second-order valence-electron chi connectivity index (χ2n) is 13.0. The number of carbonyl (C=O) groups excluding carboxylic acids is 2. The third-order valence-electron chi connectivity index (χ3n) is 8.56. The maximum atomic E-state index is 13.1. The van der Waals surface area contributed by atoms with Crippen molar-refractivity contribution in [3.05, 3.63) is 76.9 Å². The van der Waals surface area contributed by atoms with E-state index in [4.69, 9.17) is 26.3 Å². The molecular formula is C36H41ClN8O4S. The highest BCUT2D eigenvalue weighted by molar-refractivity contribution is 7.17. The molecule has 12 nitrogen and oxygen atoms in total. The van der Waals surface area contributed by atoms with Crippen LogP contribution in [0.1, 0.15) is 41.9 Å². The fourth-order valence-corrected chi connectivity index (χ4v) is 6.87. The van der Waals surface area contributed by atoms with E-state index >= 15 is 0 Å². The van der Waals surface area contributed by atoms with Gasteiger partial charge in [0, 0.05) is 50.5 Å². The monoisotopic (exact) mass is 716 g/mol. The standard InChI is InChI=1S/C36H41ClN8O4S/c1-6-30(46)43-14-16-44(17-15-43)33-27(45(24-10-11-24)21-36(3,4)48)18-23(19-38-33)26-12-13-28(49-5)32(40-26)42-35-39-20-29(50-35)34(47)41-31-22(2)8-7-9-25(31)37/h6-9,12-13,18-20,24,48H,1,10-11,14-17,21H2,2-5H3,(H,41,47)(H,39,40,42). The van der Waals surface area contributed by atoms with Gasteiger partial charge in [0.15, 0.2) is 22.5 Å². The number of aryl methyl sites for hydroxylation is 1. The molecule has 0 bridgehead atoms. The number of nitrogens with zero attached hydrogens (tertiary/aromatic N) is 6. The van der Waals surface area contributed by atoms with Crippen molar-refractivity contribution in [1.82, 2.24) is 19.9 Å². The van der Waals surface area contributed by atoms with Crippen molar-refractivity contribution in [1.29, 1.82) is 0 Å². The Balaban J connectivity index is 1.29. The number of hydrogen-bond donors (Lipinski definition) is 3. The van der Waals surface area contributed by atoms with Crippen LogP contribution in [0, 0.1) is 6.92 Å². The number of piperazine rings is 1. The first-order chi connectivity index (χ1) is 23.9. The van der Waals surface area contributed by atoms with E-state index in [0.717, 1.165) is 35.5 Å². The van der Waals surface area contributed by atoms with E-state index < -0.39 is 5.60 Å². The summed E-state index contributed by atoms with van der Waals surface area (Å²) < 4.78 is 5.62. The van der Waals surface area contributed by atoms with Crippen LogP contribution < -0.4 is 25.2 Å². The number of amides is 2. The van der Waals surface area contributed by atoms with Gasteiger partial charge in [0.1, 0.15) is 4.88 Å². The molecule has 3 N–H and O–H groups in total. The summed E-state index contributed by atoms with van der Waals surface area (Å²) in [5, 5.41) is 17.9. The fraction of sp³-hybridized carbons (Fsp3) is 0.361. The molecule has 50 heavy (non-hydrogen) atoms. The fourth-order valence-electron chi connectivity index (χ4n) is 5.89. The number of methoxy groups -OCH3 is 1. The molecule has 2 amide bonds. The largest absolute Gasteiger partial charge is 0.493 e. The number of aromatic nitrogens is 3. The average molecular weight is 717 g/mol. The number of halogens is 1. The summed E-state index contributed by atoms with van der Waals surface area (Å²) in [5.74, 6) is 1.34. The summed E-state index contributed by atoms with van der Waals surface area (Å²) in [6.07, 6.45) is 6.72. The first kappa shape index (κ1) is 35.1. The van der Waals surface area contributed by atoms with Crippen molar-refractivity contribution < 1.29 is 19.4 Å². The van der Waals surface area contributed by atoms with Crippen LogP contribution in [0.15, 0.2) is 61.4 Å². The Morgan fingerprint density at radius 2 is 1.92 bits per heavy atom. The first-order valence-corrected chi connectivity index (χ1v) is 17.6. The maximum Gasteiger partial charge on any atom is 0.267 e. The molecular weight excluding hydrogens is 676 g/mol. The van der Waals surface area contributed by atoms with E-state index in [1.165, 1.54) is 23.6 Å². The summed E-state index contributed by atoms with van der Waals surface area (Å²) in [6.45, 7) is 12.0. The number of pyridine rings is 2. The van der Waals surface area contributed by atoms with Gasteiger partial charge in [0.25, 0.3) is 5.91 Å². The lowest BCUT2D eigenvalue weighted by Gasteiger charge is -2.38. The zero-order valence-corrected chi connectivity index (χ0v) is 30.1. The molecule has 262 valence electrons. The topological polar surface area (TPSA) is 136 Å². The van der Waals surface area contributed by atoms with Gasteiger partial charge in [-0.15, -0.1) is 0 Å². The van der Waals surface area contributed by atoms with E-state index in [2.05, 4.69) is 38.1 Å². The van der Waals surface area contributed by atoms with Gasteiger partial charge in [-0.25, -0.2) is 15.0 Å². The Bertz CT molecular complexity index is 1880. The summed E-state index contributed by atoms with van der Waals surface area (Å²) in [4.78, 5) is 46.2. The van der Waals surface area contributed by atoms with Gasteiger partial charge in [-0.1, -0.05) is 41.6 Å². The van der Waals surface area contributed by atoms with Gasteiger partial charge in [-0.3, -0.25) is 9.59 Å². The van der Waals surface area contributed by atoms with Crippen molar-refractivity contribution >= 4 is 62.9 Å². The van der Waals surface area contributed by atoms with Crippen LogP contribution >= 0.6 is 22.9 Å². The SMILES string of the molecule is C=CC(=O)N1CCN(c2ncc(-c3ccc(OC)c(Nc4ncc(C(=O)Nc5c(C)cccc5Cl)s4)n3)cc2N(CC(C)(C)O)C2CC2)CC1. The number of para-hydroxylation sites is 1. The van der Waals surface area contributed by atoms with Crippen LogP contribution in [0.3, 0.4) is 0 Å². The molecule has 1 aliphatic heterocycles. The zero-order valence-electron chi connectivity index (χ0n) is 28.6. The highest BCUT2D eigenvalue weighted by atomic mass is 35.5. The van der Waals surface area contributed by atoms with Crippen LogP contribution in [0.25, 0.3) is 11.3 Å². The zero-order chi connectivity index (χ0) is 35.6. The van der Waals surface area contributed by atoms with Crippen molar-refractivity contribution in [3.8, 4) is 17.0 Å². The predicted molar refractivity (Wildman–Crippen MR) is 199 cm³/mol. The Kier molecular flexibility index (Phi) is 10.3. The Hall–Kier alpha value is -4.72. The molecule has 0 radical (unpaired) electrons. The predicted octanol–water partition coefficient (Wildman–Crippen LogP) is 6.14. The normalized spacial score (nSPS) is 14.7. The van der Waals surface area contributed by atoms with E-state index in [-0.39, 0.29) is 11.8 Å². The van der Waals surface area contributed by atoms with Crippen LogP contribution in [0.4, 0.5) is 28.1 Å². The number of aliphatic hydroxyl groups is 1. The quantitative estimate of drug-likeness (QED) is 0.147. The number of ether oxygens (including phenoxy) is 1. The average Bonchev–Trinajstić information content (AvgIpc) is 3.85. The smallest absolute Gasteiger partial charge is 0.267 e. The van der Waals surface area contributed by atoms with Gasteiger partial charge in [0.2, 0.25) is 5.91 Å². The molecule has 4 aromatic rings. The lowest BCUT2D eigenvalue weighted by molar-refractivity contribution is -0.126. The van der Waals surface area contributed by atoms with Gasteiger partial charge in [-0.2, -0.15) is 0 Å². The van der Waals surface area contributed by atoms with E-state index in [0.29, 0.717) is 76.7 Å². The van der Waals surface area contributed by atoms with Gasteiger partial charge in [-0.05, 0) is 69.5 Å². The number of thiazole rings is 1. The van der Waals surface area contributed by atoms with E-state index in [1.54, 1.807) is 24.3 Å². The third kappa shape index (κ3) is 8.01. The first-order valence-electron chi connectivity index (χ1n) is 16.4. The number of benzene rings is 1. The summed E-state index contributed by atoms with van der Waals surface area (Å²) in [6, 6.07) is 11.5. The highest BCUT2D eigenvalue weighted by Gasteiger charge is 2.36. The lowest BCUT2D eigenvalue weighted by atomic mass is 10.1. The van der Waals surface area contributed by atoms with Gasteiger partial charge >= 0.3 is 0 Å².